The Kier molecular flexibility index (Phi) is 5.96. The number of fused-ring (bicyclic) bond motifs is 2. The predicted molar refractivity (Wildman–Crippen MR) is 129 cm³/mol. The monoisotopic (exact) mass is 532 g/mol. The van der Waals surface area contributed by atoms with Crippen molar-refractivity contribution in [2.75, 3.05) is 7.11 Å². The number of alkyl halides is 3. The molecular weight excluding hydrogens is 517 g/mol. The van der Waals surface area contributed by atoms with Crippen molar-refractivity contribution in [2.45, 2.75) is 19.5 Å². The SMILES string of the molecule is CCc1cc(C(F)(F)F)ccc1Oc1ccc2nc(-n3c(=S)oc4c(OC)ccnc4c3=O)sc2n1. The van der Waals surface area contributed by atoms with Gasteiger partial charge in [-0.25, -0.2) is 19.5 Å². The second-order valence-corrected chi connectivity index (χ2v) is 8.75. The van der Waals surface area contributed by atoms with E-state index in [0.717, 1.165) is 28.0 Å². The van der Waals surface area contributed by atoms with Crippen molar-refractivity contribution < 1.29 is 27.1 Å². The van der Waals surface area contributed by atoms with E-state index in [1.807, 2.05) is 0 Å². The second kappa shape index (κ2) is 8.99. The number of pyridine rings is 2. The summed E-state index contributed by atoms with van der Waals surface area (Å²) in [6.45, 7) is 1.73. The molecule has 0 aliphatic rings. The van der Waals surface area contributed by atoms with E-state index in [9.17, 15) is 18.0 Å². The Morgan fingerprint density at radius 3 is 2.67 bits per heavy atom. The van der Waals surface area contributed by atoms with Gasteiger partial charge in [-0.1, -0.05) is 18.3 Å². The zero-order valence-corrected chi connectivity index (χ0v) is 20.3. The first-order valence-corrected chi connectivity index (χ1v) is 11.7. The summed E-state index contributed by atoms with van der Waals surface area (Å²) in [5.74, 6) is 0.741. The van der Waals surface area contributed by atoms with Crippen LogP contribution in [0.1, 0.15) is 18.1 Å². The summed E-state index contributed by atoms with van der Waals surface area (Å²) in [4.78, 5) is 26.3. The number of hydrogen-bond acceptors (Lipinski definition) is 9. The largest absolute Gasteiger partial charge is 0.493 e. The van der Waals surface area contributed by atoms with Crippen LogP contribution in [0, 0.1) is 4.84 Å². The molecule has 36 heavy (non-hydrogen) atoms. The van der Waals surface area contributed by atoms with Gasteiger partial charge in [0.15, 0.2) is 11.3 Å². The molecule has 0 saturated heterocycles. The van der Waals surface area contributed by atoms with Crippen LogP contribution in [0.3, 0.4) is 0 Å². The average Bonchev–Trinajstić information content (AvgIpc) is 3.26. The summed E-state index contributed by atoms with van der Waals surface area (Å²) in [6, 6.07) is 8.00. The Labute approximate surface area is 209 Å². The van der Waals surface area contributed by atoms with Crippen molar-refractivity contribution in [2.24, 2.45) is 0 Å². The minimum absolute atomic E-state index is 0.0218. The molecule has 5 rings (SSSR count). The van der Waals surface area contributed by atoms with Crippen LogP contribution < -0.4 is 15.0 Å². The molecule has 0 aliphatic carbocycles. The van der Waals surface area contributed by atoms with Gasteiger partial charge in [-0.15, -0.1) is 0 Å². The zero-order chi connectivity index (χ0) is 25.6. The van der Waals surface area contributed by atoms with Gasteiger partial charge in [0.1, 0.15) is 16.1 Å². The molecule has 1 aromatic carbocycles. The highest BCUT2D eigenvalue weighted by Crippen LogP contribution is 2.35. The molecular formula is C23H15F3N4O4S2. The fraction of sp³-hybridized carbons (Fsp3) is 0.174. The van der Waals surface area contributed by atoms with Gasteiger partial charge in [0.25, 0.3) is 10.4 Å². The molecule has 184 valence electrons. The van der Waals surface area contributed by atoms with Gasteiger partial charge in [-0.05, 0) is 48.5 Å². The Hall–Kier alpha value is -3.84. The number of methoxy groups -OCH3 is 1. The number of aromatic nitrogens is 4. The molecule has 0 atom stereocenters. The van der Waals surface area contributed by atoms with Crippen LogP contribution in [0.25, 0.3) is 26.6 Å². The molecule has 0 radical (unpaired) electrons. The molecule has 0 fully saturated rings. The van der Waals surface area contributed by atoms with E-state index in [0.29, 0.717) is 28.1 Å². The molecule has 4 aromatic heterocycles. The highest BCUT2D eigenvalue weighted by molar-refractivity contribution is 7.71. The topological polar surface area (TPSA) is 92.3 Å². The van der Waals surface area contributed by atoms with Crippen molar-refractivity contribution in [3.8, 4) is 22.5 Å². The molecule has 0 amide bonds. The van der Waals surface area contributed by atoms with Crippen LogP contribution in [0.4, 0.5) is 13.2 Å². The number of thiazole rings is 1. The molecule has 4 heterocycles. The number of nitrogens with zero attached hydrogens (tertiary/aromatic N) is 4. The summed E-state index contributed by atoms with van der Waals surface area (Å²) < 4.78 is 56.9. The molecule has 0 bridgehead atoms. The van der Waals surface area contributed by atoms with Gasteiger partial charge in [0, 0.05) is 18.3 Å². The number of rotatable bonds is 5. The van der Waals surface area contributed by atoms with Crippen LogP contribution in [0.2, 0.25) is 0 Å². The lowest BCUT2D eigenvalue weighted by molar-refractivity contribution is -0.137. The lowest BCUT2D eigenvalue weighted by atomic mass is 10.1. The second-order valence-electron chi connectivity index (χ2n) is 7.45. The maximum atomic E-state index is 13.1. The van der Waals surface area contributed by atoms with Crippen LogP contribution in [-0.2, 0) is 12.6 Å². The standard InChI is InChI=1S/C23H15F3N4O4S2/c1-3-11-10-12(23(24,25)26)4-6-14(11)33-16-7-5-13-19(29-16)36-21(28-13)30-20(31)17-18(34-22(30)35)15(32-2)8-9-27-17/h4-10H,3H2,1-2H3. The first-order chi connectivity index (χ1) is 17.2. The fourth-order valence-corrected chi connectivity index (χ4v) is 4.75. The van der Waals surface area contributed by atoms with Gasteiger partial charge < -0.3 is 13.9 Å². The quantitative estimate of drug-likeness (QED) is 0.251. The molecule has 8 nitrogen and oxygen atoms in total. The summed E-state index contributed by atoms with van der Waals surface area (Å²) in [7, 11) is 1.44. The van der Waals surface area contributed by atoms with E-state index >= 15 is 0 Å². The first-order valence-electron chi connectivity index (χ1n) is 10.4. The molecule has 0 aliphatic heterocycles. The maximum absolute atomic E-state index is 13.1. The highest BCUT2D eigenvalue weighted by atomic mass is 32.1. The highest BCUT2D eigenvalue weighted by Gasteiger charge is 2.31. The minimum Gasteiger partial charge on any atom is -0.493 e. The Morgan fingerprint density at radius 2 is 1.94 bits per heavy atom. The van der Waals surface area contributed by atoms with Gasteiger partial charge in [-0.2, -0.15) is 13.2 Å². The third-order valence-electron chi connectivity index (χ3n) is 5.26. The van der Waals surface area contributed by atoms with Crippen molar-refractivity contribution in [1.29, 1.82) is 0 Å². The number of halogens is 3. The molecule has 0 spiro atoms. The van der Waals surface area contributed by atoms with Gasteiger partial charge in [0.05, 0.1) is 12.7 Å². The van der Waals surface area contributed by atoms with Gasteiger partial charge >= 0.3 is 6.18 Å². The number of aryl methyl sites for hydroxylation is 1. The van der Waals surface area contributed by atoms with Crippen LogP contribution in [-0.4, -0.2) is 26.6 Å². The summed E-state index contributed by atoms with van der Waals surface area (Å²) in [5, 5.41) is 0.212. The summed E-state index contributed by atoms with van der Waals surface area (Å²) in [5.41, 5.74) is -0.281. The van der Waals surface area contributed by atoms with E-state index in [2.05, 4.69) is 15.0 Å². The summed E-state index contributed by atoms with van der Waals surface area (Å²) >= 11 is 6.36. The van der Waals surface area contributed by atoms with Crippen molar-refractivity contribution in [1.82, 2.24) is 19.5 Å². The van der Waals surface area contributed by atoms with E-state index in [-0.39, 0.29) is 32.7 Å². The summed E-state index contributed by atoms with van der Waals surface area (Å²) in [6.07, 6.45) is -2.70. The van der Waals surface area contributed by atoms with Crippen LogP contribution >= 0.6 is 23.6 Å². The normalized spacial score (nSPS) is 11.8. The van der Waals surface area contributed by atoms with Crippen molar-refractivity contribution in [3.63, 3.8) is 0 Å². The smallest absolute Gasteiger partial charge is 0.416 e. The number of ether oxygens (including phenoxy) is 2. The molecule has 0 saturated carbocycles. The third-order valence-corrected chi connectivity index (χ3v) is 6.48. The van der Waals surface area contributed by atoms with Gasteiger partial charge in [0.2, 0.25) is 16.6 Å². The number of benzene rings is 1. The Morgan fingerprint density at radius 1 is 1.14 bits per heavy atom. The third kappa shape index (κ3) is 4.20. The molecule has 0 N–H and O–H groups in total. The van der Waals surface area contributed by atoms with Crippen molar-refractivity contribution >= 4 is 45.0 Å². The molecule has 5 aromatic rings. The fourth-order valence-electron chi connectivity index (χ4n) is 3.51. The lowest BCUT2D eigenvalue weighted by Crippen LogP contribution is -2.20. The van der Waals surface area contributed by atoms with Gasteiger partial charge in [-0.3, -0.25) is 4.79 Å². The molecule has 0 unspecified atom stereocenters. The van der Waals surface area contributed by atoms with E-state index in [1.165, 1.54) is 25.4 Å². The van der Waals surface area contributed by atoms with Crippen LogP contribution in [0.5, 0.6) is 17.4 Å². The Balaban J connectivity index is 1.54. The van der Waals surface area contributed by atoms with Crippen LogP contribution in [0.15, 0.2) is 51.8 Å². The van der Waals surface area contributed by atoms with E-state index in [4.69, 9.17) is 26.1 Å². The first kappa shape index (κ1) is 23.9. The maximum Gasteiger partial charge on any atom is 0.416 e. The average molecular weight is 533 g/mol. The van der Waals surface area contributed by atoms with E-state index < -0.39 is 17.3 Å². The Bertz CT molecular complexity index is 1740. The number of hydrogen-bond donors (Lipinski definition) is 0. The zero-order valence-electron chi connectivity index (χ0n) is 18.6. The molecule has 13 heteroatoms. The predicted octanol–water partition coefficient (Wildman–Crippen LogP) is 6.09. The van der Waals surface area contributed by atoms with Crippen molar-refractivity contribution in [3.05, 3.63) is 68.9 Å². The lowest BCUT2D eigenvalue weighted by Gasteiger charge is -2.13. The van der Waals surface area contributed by atoms with E-state index in [1.54, 1.807) is 19.1 Å². The minimum atomic E-state index is -4.45.